The zero-order chi connectivity index (χ0) is 97.1. The number of piperazine rings is 3. The highest BCUT2D eigenvalue weighted by atomic mass is 19.1. The Bertz CT molecular complexity index is 7610. The molecule has 5 aliphatic rings. The van der Waals surface area contributed by atoms with Crippen LogP contribution >= 0.6 is 0 Å². The highest BCUT2D eigenvalue weighted by molar-refractivity contribution is 5.74. The quantitative estimate of drug-likeness (QED) is 0.0533. The molecule has 4 fully saturated rings. The lowest BCUT2D eigenvalue weighted by Crippen LogP contribution is -2.49. The second kappa shape index (κ2) is 42.9. The number of hydrogen-bond donors (Lipinski definition) is 5. The third kappa shape index (κ3) is 21.3. The molecule has 0 bridgehead atoms. The van der Waals surface area contributed by atoms with E-state index in [2.05, 4.69) is 86.4 Å². The lowest BCUT2D eigenvalue weighted by atomic mass is 9.91. The Morgan fingerprint density at radius 2 is 0.777 bits per heavy atom. The predicted molar refractivity (Wildman–Crippen MR) is 540 cm³/mol. The molecule has 0 aliphatic carbocycles. The smallest absolute Gasteiger partial charge is 0.258 e. The van der Waals surface area contributed by atoms with Gasteiger partial charge in [0.25, 0.3) is 27.8 Å². The van der Waals surface area contributed by atoms with E-state index in [1.807, 2.05) is 159 Å². The van der Waals surface area contributed by atoms with E-state index in [1.54, 1.807) is 103 Å². The number of halogens is 1. The zero-order valence-corrected chi connectivity index (χ0v) is 79.9. The zero-order valence-electron chi connectivity index (χ0n) is 79.9. The Labute approximate surface area is 801 Å². The van der Waals surface area contributed by atoms with E-state index in [-0.39, 0.29) is 39.3 Å². The molecule has 718 valence electrons. The first-order chi connectivity index (χ1) is 67.6. The molecule has 33 nitrogen and oxygen atoms in total. The van der Waals surface area contributed by atoms with E-state index in [0.717, 1.165) is 185 Å². The largest absolute Gasteiger partial charge is 0.493 e. The van der Waals surface area contributed by atoms with Gasteiger partial charge in [0.2, 0.25) is 0 Å². The van der Waals surface area contributed by atoms with Crippen molar-refractivity contribution in [1.82, 2.24) is 82.9 Å². The number of aryl methyl sites for hydroxylation is 3. The minimum Gasteiger partial charge on any atom is -0.493 e. The Hall–Kier alpha value is -15.4. The highest BCUT2D eigenvalue weighted by Gasteiger charge is 2.25. The SMILES string of the molecule is COc1cc(-c2cc(=O)n3cc(N4CCNCC4)ccc3n2)cc(F)c1OC.COc1ccc(-c2cc(=O)n3cc(C4=CCNCC4)ccc3n2)cc1OC.COc1ccc(-c2cc(=O)n3cc(C4CCNCC4)ccc3n2)cc1OC.COc1ccc(-c2cc(=O)n3cc(N4CCN[C@@H](C)C4)cc(C)c3n2)cc1OC.Cc1cn2cc(-c3cc(=O)n4cc(N5CCNCC5)ccc4n3)cc(C)c2n1. The van der Waals surface area contributed by atoms with Gasteiger partial charge in [-0.1, -0.05) is 12.1 Å². The molecule has 4 aromatic carbocycles. The van der Waals surface area contributed by atoms with Gasteiger partial charge < -0.3 is 83.6 Å². The maximum Gasteiger partial charge on any atom is 0.258 e. The third-order valence-corrected chi connectivity index (χ3v) is 25.4. The Kier molecular flexibility index (Phi) is 29.4. The minimum atomic E-state index is -0.576. The van der Waals surface area contributed by atoms with Crippen molar-refractivity contribution in [3.63, 3.8) is 0 Å². The molecule has 12 aromatic heterocycles. The summed E-state index contributed by atoms with van der Waals surface area (Å²) in [5, 5.41) is 16.8. The number of hydrogen-bond acceptors (Lipinski definition) is 27. The van der Waals surface area contributed by atoms with Crippen LogP contribution < -0.4 is 107 Å². The van der Waals surface area contributed by atoms with Gasteiger partial charge in [-0.05, 0) is 222 Å². The molecule has 0 amide bonds. The fraction of sp³-hybridized carbons (Fsp3) is 0.305. The van der Waals surface area contributed by atoms with Gasteiger partial charge in [-0.25, -0.2) is 34.3 Å². The molecule has 5 N–H and O–H groups in total. The van der Waals surface area contributed by atoms with E-state index in [9.17, 15) is 28.4 Å². The van der Waals surface area contributed by atoms with E-state index < -0.39 is 5.82 Å². The molecule has 0 saturated carbocycles. The maximum atomic E-state index is 14.3. The van der Waals surface area contributed by atoms with Gasteiger partial charge in [0.15, 0.2) is 51.8 Å². The normalized spacial score (nSPS) is 15.0. The van der Waals surface area contributed by atoms with Crippen LogP contribution in [0.15, 0.2) is 231 Å². The number of rotatable bonds is 18. The number of piperidine rings is 1. The number of nitrogens with one attached hydrogen (secondary N) is 5. The monoisotopic (exact) mass is 1880 g/mol. The molecular formula is C105H113FN20O13. The van der Waals surface area contributed by atoms with Crippen molar-refractivity contribution in [1.29, 1.82) is 0 Å². The van der Waals surface area contributed by atoms with Gasteiger partial charge in [0, 0.05) is 186 Å². The standard InChI is InChI=1S/C22H26N4O3.C21H22N6O.C21H23N3O3.C21H21N3O3.C20H21FN4O3/c1-14-9-17(25-8-7-23-15(2)12-25)13-26-21(27)11-18(24-22(14)26)16-5-6-19(28-3)20(10-16)29-4;1-14-9-16(12-26-11-15(2)23-21(14)26)18-10-20(28)27-13-17(3-4-19(27)24-18)25-7-5-22-6-8-25;2*1-26-18-5-3-15(11-19(18)27-2)17-12-21(25)24-13-16(4-6-20(24)23-17)14-7-9-22-10-8-14;1-27-17-10-13(9-15(21)20(17)28-2)16-11-19(26)25-12-14(3-4-18(25)23-16)24-7-5-22-6-8-24/h5-6,9-11,13,15,23H,7-8,12H2,1-4H3;3-4,9-13,22H,5-8H2,1-2H3;3-6,11-14,22H,7-10H2,1-2H3;3-7,11-13,22H,8-10H2,1-2H3;3-4,9-12,22H,5-8H2,1-2H3/t15-;;;;/m0..../s1. The van der Waals surface area contributed by atoms with Gasteiger partial charge in [-0.2, -0.15) is 0 Å². The summed E-state index contributed by atoms with van der Waals surface area (Å²) in [5.74, 6) is 3.91. The predicted octanol–water partition coefficient (Wildman–Crippen LogP) is 12.0. The van der Waals surface area contributed by atoms with Crippen molar-refractivity contribution in [3.8, 4) is 102 Å². The summed E-state index contributed by atoms with van der Waals surface area (Å²) in [4.78, 5) is 98.7. The van der Waals surface area contributed by atoms with Crippen LogP contribution in [0.1, 0.15) is 60.1 Å². The molecule has 1 atom stereocenters. The summed E-state index contributed by atoms with van der Waals surface area (Å²) in [7, 11) is 12.4. The average molecular weight is 1880 g/mol. The summed E-state index contributed by atoms with van der Waals surface area (Å²) >= 11 is 0. The van der Waals surface area contributed by atoms with Gasteiger partial charge in [-0.3, -0.25) is 46.0 Å². The molecule has 21 rings (SSSR count). The van der Waals surface area contributed by atoms with Crippen molar-refractivity contribution < 1.29 is 42.3 Å². The van der Waals surface area contributed by atoms with Crippen molar-refractivity contribution in [2.24, 2.45) is 0 Å². The summed E-state index contributed by atoms with van der Waals surface area (Å²) in [6.07, 6.45) is 18.7. The highest BCUT2D eigenvalue weighted by Crippen LogP contribution is 2.39. The van der Waals surface area contributed by atoms with Gasteiger partial charge in [-0.15, -0.1) is 0 Å². The van der Waals surface area contributed by atoms with Crippen molar-refractivity contribution >= 4 is 56.5 Å². The fourth-order valence-electron chi connectivity index (χ4n) is 18.1. The van der Waals surface area contributed by atoms with Crippen molar-refractivity contribution in [2.75, 3.05) is 170 Å². The molecule has 16 aromatic rings. The number of anilines is 3. The molecule has 34 heteroatoms. The van der Waals surface area contributed by atoms with E-state index in [4.69, 9.17) is 47.9 Å². The van der Waals surface area contributed by atoms with Crippen LogP contribution in [-0.4, -0.2) is 217 Å². The molecule has 17 heterocycles. The van der Waals surface area contributed by atoms with E-state index in [0.29, 0.717) is 109 Å². The number of imidazole rings is 1. The molecule has 0 radical (unpaired) electrons. The number of ether oxygens (including phenoxy) is 8. The minimum absolute atomic E-state index is 0.0180. The van der Waals surface area contributed by atoms with Crippen molar-refractivity contribution in [2.45, 2.75) is 58.9 Å². The molecule has 0 spiro atoms. The Morgan fingerprint density at radius 3 is 1.27 bits per heavy atom. The number of nitrogens with zero attached hydrogens (tertiary/aromatic N) is 15. The number of pyridine rings is 6. The van der Waals surface area contributed by atoms with Crippen LogP contribution in [0, 0.1) is 26.6 Å². The van der Waals surface area contributed by atoms with Gasteiger partial charge in [0.05, 0.1) is 108 Å². The first-order valence-corrected chi connectivity index (χ1v) is 46.3. The van der Waals surface area contributed by atoms with Crippen LogP contribution in [0.3, 0.4) is 0 Å². The second-order valence-electron chi connectivity index (χ2n) is 34.5. The van der Waals surface area contributed by atoms with Crippen LogP contribution in [0.2, 0.25) is 0 Å². The first-order valence-electron chi connectivity index (χ1n) is 46.3. The number of fused-ring (bicyclic) bond motifs is 6. The van der Waals surface area contributed by atoms with Gasteiger partial charge in [0.1, 0.15) is 33.9 Å². The number of benzene rings is 4. The van der Waals surface area contributed by atoms with Crippen molar-refractivity contribution in [3.05, 3.63) is 293 Å². The fourth-order valence-corrected chi connectivity index (χ4v) is 18.1. The third-order valence-electron chi connectivity index (χ3n) is 25.4. The topological polar surface area (TPSA) is 333 Å². The summed E-state index contributed by atoms with van der Waals surface area (Å²) in [6, 6.07) is 47.4. The molecular weight excluding hydrogens is 1770 g/mol. The summed E-state index contributed by atoms with van der Waals surface area (Å²) < 4.78 is 66.5. The van der Waals surface area contributed by atoms with Gasteiger partial charge >= 0.3 is 0 Å². The van der Waals surface area contributed by atoms with E-state index in [1.165, 1.54) is 41.9 Å². The maximum absolute atomic E-state index is 14.3. The summed E-state index contributed by atoms with van der Waals surface area (Å²) in [5.41, 5.74) is 19.7. The summed E-state index contributed by atoms with van der Waals surface area (Å²) in [6.45, 7) is 22.2. The van der Waals surface area contributed by atoms with Crippen LogP contribution in [0.25, 0.3) is 95.7 Å². The van der Waals surface area contributed by atoms with E-state index >= 15 is 0 Å². The van der Waals surface area contributed by atoms with Crippen LogP contribution in [0.5, 0.6) is 46.0 Å². The molecule has 5 aliphatic heterocycles. The van der Waals surface area contributed by atoms with Crippen LogP contribution in [0.4, 0.5) is 21.5 Å². The molecule has 4 saturated heterocycles. The molecule has 0 unspecified atom stereocenters. The Balaban J connectivity index is 0.000000120. The molecule has 139 heavy (non-hydrogen) atoms. The lowest BCUT2D eigenvalue weighted by Gasteiger charge is -2.33. The number of aromatic nitrogens is 12. The average Bonchev–Trinajstić information content (AvgIpc) is 1.46. The first kappa shape index (κ1) is 95.4. The van der Waals surface area contributed by atoms with Crippen LogP contribution in [-0.2, 0) is 0 Å². The second-order valence-corrected chi connectivity index (χ2v) is 34.5. The Morgan fingerprint density at radius 1 is 0.345 bits per heavy atom. The lowest BCUT2D eigenvalue weighted by molar-refractivity contribution is 0.338. The number of methoxy groups -OCH3 is 8.